The van der Waals surface area contributed by atoms with Gasteiger partial charge in [0.05, 0.1) is 11.2 Å². The van der Waals surface area contributed by atoms with E-state index >= 15 is 0 Å². The number of hydrogen-bond acceptors (Lipinski definition) is 2. The van der Waals surface area contributed by atoms with E-state index in [0.717, 1.165) is 23.0 Å². The fourth-order valence-corrected chi connectivity index (χ4v) is 2.30. The Bertz CT molecular complexity index is 718. The molecule has 2 nitrogen and oxygen atoms in total. The van der Waals surface area contributed by atoms with Crippen molar-refractivity contribution in [3.05, 3.63) is 71.2 Å². The van der Waals surface area contributed by atoms with Gasteiger partial charge in [-0.15, -0.1) is 0 Å². The topological polar surface area (TPSA) is 25.8 Å². The lowest BCUT2D eigenvalue weighted by Gasteiger charge is -2.08. The lowest BCUT2D eigenvalue weighted by Crippen LogP contribution is -1.96. The molecular formula is C19H22N2. The zero-order valence-corrected chi connectivity index (χ0v) is 13.2. The average molecular weight is 278 g/mol. The molecule has 3 rings (SSSR count). The summed E-state index contributed by atoms with van der Waals surface area (Å²) in [5, 5.41) is 1.16. The molecule has 0 atom stereocenters. The van der Waals surface area contributed by atoms with Gasteiger partial charge in [-0.05, 0) is 42.7 Å². The summed E-state index contributed by atoms with van der Waals surface area (Å²) < 4.78 is 0. The number of aryl methyl sites for hydroxylation is 2. The minimum atomic E-state index is 0.850. The molecule has 0 fully saturated rings. The smallest absolute Gasteiger partial charge is 0.116 e. The van der Waals surface area contributed by atoms with Crippen LogP contribution in [0.25, 0.3) is 10.9 Å². The molecule has 0 saturated carbocycles. The minimum Gasteiger partial charge on any atom is -0.240 e. The van der Waals surface area contributed by atoms with E-state index in [1.54, 1.807) is 6.33 Å². The zero-order chi connectivity index (χ0) is 15.2. The summed E-state index contributed by atoms with van der Waals surface area (Å²) in [6.45, 7) is 8.25. The highest BCUT2D eigenvalue weighted by Gasteiger charge is 2.06. The number of benzene rings is 2. The molecule has 108 valence electrons. The summed E-state index contributed by atoms with van der Waals surface area (Å²) in [7, 11) is 0. The molecule has 0 saturated heterocycles. The third-order valence-electron chi connectivity index (χ3n) is 3.55. The van der Waals surface area contributed by atoms with Crippen LogP contribution in [-0.2, 0) is 6.42 Å². The van der Waals surface area contributed by atoms with Crippen LogP contribution >= 0.6 is 0 Å². The van der Waals surface area contributed by atoms with Crippen molar-refractivity contribution in [1.82, 2.24) is 9.97 Å². The number of aromatic nitrogens is 2. The van der Waals surface area contributed by atoms with Crippen molar-refractivity contribution in [2.45, 2.75) is 34.1 Å². The predicted octanol–water partition coefficient (Wildman–Crippen LogP) is 4.86. The Balaban J connectivity index is 0.000000774. The lowest BCUT2D eigenvalue weighted by atomic mass is 10.0. The van der Waals surface area contributed by atoms with Crippen LogP contribution in [0.15, 0.2) is 48.8 Å². The SMILES string of the molecule is CC.Cc1cc2ncnc(Cc3ccccc3)c2cc1C. The Morgan fingerprint density at radius 3 is 2.24 bits per heavy atom. The van der Waals surface area contributed by atoms with Crippen LogP contribution < -0.4 is 0 Å². The molecule has 2 heteroatoms. The number of hydrogen-bond donors (Lipinski definition) is 0. The highest BCUT2D eigenvalue weighted by molar-refractivity contribution is 5.82. The van der Waals surface area contributed by atoms with Gasteiger partial charge in [0.25, 0.3) is 0 Å². The zero-order valence-electron chi connectivity index (χ0n) is 13.2. The van der Waals surface area contributed by atoms with Gasteiger partial charge in [-0.25, -0.2) is 9.97 Å². The predicted molar refractivity (Wildman–Crippen MR) is 89.6 cm³/mol. The molecule has 2 aromatic carbocycles. The molecule has 0 bridgehead atoms. The summed E-state index contributed by atoms with van der Waals surface area (Å²) in [5.41, 5.74) is 5.97. The fourth-order valence-electron chi connectivity index (χ4n) is 2.30. The second kappa shape index (κ2) is 6.98. The van der Waals surface area contributed by atoms with Gasteiger partial charge in [0.2, 0.25) is 0 Å². The Labute approximate surface area is 126 Å². The molecule has 0 spiro atoms. The van der Waals surface area contributed by atoms with Crippen LogP contribution in [-0.4, -0.2) is 9.97 Å². The van der Waals surface area contributed by atoms with Gasteiger partial charge >= 0.3 is 0 Å². The Morgan fingerprint density at radius 2 is 1.52 bits per heavy atom. The standard InChI is InChI=1S/C17H16N2.C2H6/c1-12-8-15-16(9-13(12)2)18-11-19-17(15)10-14-6-4-3-5-7-14;1-2/h3-9,11H,10H2,1-2H3;1-2H3. The molecule has 0 unspecified atom stereocenters. The first-order chi connectivity index (χ1) is 10.2. The number of fused-ring (bicyclic) bond motifs is 1. The van der Waals surface area contributed by atoms with E-state index in [1.165, 1.54) is 16.7 Å². The summed E-state index contributed by atoms with van der Waals surface area (Å²) in [5.74, 6) is 0. The molecule has 1 aromatic heterocycles. The van der Waals surface area contributed by atoms with Gasteiger partial charge in [-0.1, -0.05) is 44.2 Å². The quantitative estimate of drug-likeness (QED) is 0.668. The van der Waals surface area contributed by atoms with Gasteiger partial charge in [-0.3, -0.25) is 0 Å². The molecule has 0 aliphatic carbocycles. The third-order valence-corrected chi connectivity index (χ3v) is 3.55. The van der Waals surface area contributed by atoms with Crippen molar-refractivity contribution in [3.8, 4) is 0 Å². The number of rotatable bonds is 2. The molecule has 21 heavy (non-hydrogen) atoms. The molecule has 0 amide bonds. The van der Waals surface area contributed by atoms with Gasteiger partial charge in [0, 0.05) is 11.8 Å². The van der Waals surface area contributed by atoms with E-state index in [4.69, 9.17) is 0 Å². The molecule has 1 heterocycles. The second-order valence-corrected chi connectivity index (χ2v) is 4.94. The monoisotopic (exact) mass is 278 g/mol. The van der Waals surface area contributed by atoms with Crippen molar-refractivity contribution >= 4 is 10.9 Å². The highest BCUT2D eigenvalue weighted by atomic mass is 14.8. The number of nitrogens with zero attached hydrogens (tertiary/aromatic N) is 2. The van der Waals surface area contributed by atoms with E-state index in [1.807, 2.05) is 19.9 Å². The Kier molecular flexibility index (Phi) is 5.04. The van der Waals surface area contributed by atoms with Crippen LogP contribution in [0.1, 0.15) is 36.2 Å². The van der Waals surface area contributed by atoms with Crippen LogP contribution in [0.4, 0.5) is 0 Å². The van der Waals surface area contributed by atoms with Crippen molar-refractivity contribution in [1.29, 1.82) is 0 Å². The van der Waals surface area contributed by atoms with Crippen LogP contribution in [0, 0.1) is 13.8 Å². The Hall–Kier alpha value is -2.22. The first-order valence-corrected chi connectivity index (χ1v) is 7.49. The summed E-state index contributed by atoms with van der Waals surface area (Å²) in [4.78, 5) is 8.84. The maximum absolute atomic E-state index is 4.46. The molecule has 0 aliphatic heterocycles. The molecule has 0 aliphatic rings. The lowest BCUT2D eigenvalue weighted by molar-refractivity contribution is 1.06. The van der Waals surface area contributed by atoms with Crippen LogP contribution in [0.2, 0.25) is 0 Å². The van der Waals surface area contributed by atoms with Crippen LogP contribution in [0.3, 0.4) is 0 Å². The van der Waals surface area contributed by atoms with Gasteiger partial charge in [0.1, 0.15) is 6.33 Å². The normalized spacial score (nSPS) is 10.1. The van der Waals surface area contributed by atoms with Crippen molar-refractivity contribution in [3.63, 3.8) is 0 Å². The third kappa shape index (κ3) is 3.46. The van der Waals surface area contributed by atoms with Crippen LogP contribution in [0.5, 0.6) is 0 Å². The maximum atomic E-state index is 4.46. The fraction of sp³-hybridized carbons (Fsp3) is 0.263. The van der Waals surface area contributed by atoms with E-state index < -0.39 is 0 Å². The first kappa shape index (κ1) is 15.2. The van der Waals surface area contributed by atoms with E-state index in [0.29, 0.717) is 0 Å². The average Bonchev–Trinajstić information content (AvgIpc) is 2.52. The summed E-state index contributed by atoms with van der Waals surface area (Å²) in [6.07, 6.45) is 2.51. The van der Waals surface area contributed by atoms with E-state index in [-0.39, 0.29) is 0 Å². The van der Waals surface area contributed by atoms with Gasteiger partial charge in [-0.2, -0.15) is 0 Å². The van der Waals surface area contributed by atoms with Crippen molar-refractivity contribution in [2.24, 2.45) is 0 Å². The summed E-state index contributed by atoms with van der Waals surface area (Å²) >= 11 is 0. The highest BCUT2D eigenvalue weighted by Crippen LogP contribution is 2.21. The van der Waals surface area contributed by atoms with Gasteiger partial charge < -0.3 is 0 Å². The van der Waals surface area contributed by atoms with E-state index in [2.05, 4.69) is 60.2 Å². The Morgan fingerprint density at radius 1 is 0.857 bits per heavy atom. The summed E-state index contributed by atoms with van der Waals surface area (Å²) in [6, 6.07) is 14.8. The maximum Gasteiger partial charge on any atom is 0.116 e. The molecule has 0 radical (unpaired) electrons. The molecule has 0 N–H and O–H groups in total. The van der Waals surface area contributed by atoms with Gasteiger partial charge in [0.15, 0.2) is 0 Å². The van der Waals surface area contributed by atoms with E-state index in [9.17, 15) is 0 Å². The minimum absolute atomic E-state index is 0.850. The van der Waals surface area contributed by atoms with Crippen molar-refractivity contribution < 1.29 is 0 Å². The molecule has 3 aromatic rings. The van der Waals surface area contributed by atoms with Crippen molar-refractivity contribution in [2.75, 3.05) is 0 Å². The second-order valence-electron chi connectivity index (χ2n) is 4.94. The largest absolute Gasteiger partial charge is 0.240 e. The molecular weight excluding hydrogens is 256 g/mol. The first-order valence-electron chi connectivity index (χ1n) is 7.49.